The van der Waals surface area contributed by atoms with Crippen molar-refractivity contribution < 1.29 is 52.8 Å². The molecule has 3 fully saturated rings. The van der Waals surface area contributed by atoms with Gasteiger partial charge in [0.15, 0.2) is 29.5 Å². The smallest absolute Gasteiger partial charge is 0.493 e. The maximum Gasteiger partial charge on any atom is 0.514 e. The fraction of sp³-hybridized carbons (Fsp3) is 0.622. The maximum atomic E-state index is 14.7. The zero-order valence-corrected chi connectivity index (χ0v) is 35.0. The van der Waals surface area contributed by atoms with Crippen LogP contribution in [-0.4, -0.2) is 71.7 Å². The summed E-state index contributed by atoms with van der Waals surface area (Å²) in [5, 5.41) is 12.2. The molecule has 0 aliphatic heterocycles. The Hall–Kier alpha value is -3.96. The molecule has 5 rings (SSSR count). The second-order valence-electron chi connectivity index (χ2n) is 16.6. The Morgan fingerprint density at radius 1 is 0.982 bits per heavy atom. The van der Waals surface area contributed by atoms with Crippen LogP contribution in [0.2, 0.25) is 0 Å². The molecule has 4 aliphatic carbocycles. The number of rotatable bonds is 17. The second-order valence-corrected chi connectivity index (χ2v) is 17.2. The summed E-state index contributed by atoms with van der Waals surface area (Å²) in [6.07, 6.45) is 13.5. The Morgan fingerprint density at radius 2 is 1.72 bits per heavy atom. The highest BCUT2D eigenvalue weighted by molar-refractivity contribution is 6.26. The molecule has 0 saturated heterocycles. The van der Waals surface area contributed by atoms with Crippen molar-refractivity contribution in [3.63, 3.8) is 0 Å². The van der Waals surface area contributed by atoms with Crippen molar-refractivity contribution in [3.05, 3.63) is 53.6 Å². The largest absolute Gasteiger partial charge is 0.514 e. The molecule has 3 saturated carbocycles. The van der Waals surface area contributed by atoms with E-state index in [1.807, 2.05) is 26.8 Å². The number of unbranched alkanes of at least 4 members (excludes halogenated alkanes) is 5. The Morgan fingerprint density at radius 3 is 2.44 bits per heavy atom. The number of Topliss-reactive ketones (excluding diaryl/α,β-unsaturated/α-hetero) is 1. The molecule has 0 bridgehead atoms. The number of aliphatic hydroxyl groups is 1. The van der Waals surface area contributed by atoms with Crippen LogP contribution in [0.3, 0.4) is 0 Å². The lowest BCUT2D eigenvalue weighted by atomic mass is 9.45. The van der Waals surface area contributed by atoms with Gasteiger partial charge in [0, 0.05) is 29.2 Å². The third-order valence-electron chi connectivity index (χ3n) is 13.2. The van der Waals surface area contributed by atoms with E-state index in [0.29, 0.717) is 37.9 Å². The molecular weight excluding hydrogens is 752 g/mol. The van der Waals surface area contributed by atoms with E-state index in [0.717, 1.165) is 44.1 Å². The van der Waals surface area contributed by atoms with E-state index in [2.05, 4.69) is 13.8 Å². The predicted molar refractivity (Wildman–Crippen MR) is 215 cm³/mol. The molecule has 0 amide bonds. The summed E-state index contributed by atoms with van der Waals surface area (Å²) >= 11 is 7.65. The number of halogens is 1. The zero-order chi connectivity index (χ0) is 41.6. The first-order valence-corrected chi connectivity index (χ1v) is 20.9. The molecule has 1 aromatic rings. The Balaban J connectivity index is 1.36. The van der Waals surface area contributed by atoms with Gasteiger partial charge in [-0.2, -0.15) is 0 Å². The number of methoxy groups -OCH3 is 1. The average Bonchev–Trinajstić information content (AvgIpc) is 3.39. The number of ketones is 2. The highest BCUT2D eigenvalue weighted by atomic mass is 35.5. The Kier molecular flexibility index (Phi) is 14.2. The van der Waals surface area contributed by atoms with E-state index < -0.39 is 63.8 Å². The van der Waals surface area contributed by atoms with Crippen molar-refractivity contribution in [3.8, 4) is 11.5 Å². The summed E-state index contributed by atoms with van der Waals surface area (Å²) < 4.78 is 28.0. The van der Waals surface area contributed by atoms with Crippen LogP contribution in [0, 0.1) is 28.6 Å². The Bertz CT molecular complexity index is 1780. The monoisotopic (exact) mass is 810 g/mol. The Labute approximate surface area is 341 Å². The molecule has 0 aromatic heterocycles. The standard InChI is InChI=1S/C45H59ClO11/c1-7-9-11-12-14-40(51)57-45(29(3)24-34-33-18-17-31-26-32(47)21-22-42(31,4)44(33,46)37(48)27-43(34,45)5)38(49)28-55-41(52)56-35-19-15-30(25-36(35)53-6)16-20-39(50)54-23-13-10-8-2/h15-16,19-22,25-26,29,33-34,37,48H,7-14,17-18,23-24,27-28H2,1-6H3. The molecule has 8 atom stereocenters. The first-order valence-electron chi connectivity index (χ1n) is 20.5. The van der Waals surface area contributed by atoms with Crippen molar-refractivity contribution in [2.45, 2.75) is 128 Å². The minimum atomic E-state index is -1.74. The molecular formula is C45H59ClO11. The fourth-order valence-electron chi connectivity index (χ4n) is 10.3. The van der Waals surface area contributed by atoms with E-state index in [4.69, 9.17) is 35.3 Å². The summed E-state index contributed by atoms with van der Waals surface area (Å²) in [4.78, 5) is 64.9. The van der Waals surface area contributed by atoms with Gasteiger partial charge in [-0.1, -0.05) is 84.4 Å². The molecule has 12 heteroatoms. The fourth-order valence-corrected chi connectivity index (χ4v) is 10.8. The van der Waals surface area contributed by atoms with Crippen LogP contribution < -0.4 is 9.47 Å². The van der Waals surface area contributed by atoms with Gasteiger partial charge in [0.1, 0.15) is 0 Å². The number of carbonyl (C=O) groups excluding carboxylic acids is 5. The normalized spacial score (nSPS) is 31.4. The van der Waals surface area contributed by atoms with Crippen molar-refractivity contribution in [1.29, 1.82) is 0 Å². The SMILES string of the molecule is CCCCCCC(=O)OC1(C(=O)COC(=O)Oc2ccc(C=CC(=O)OCCCCC)cc2OC)C(C)CC2C3CCC4=CC(=O)C=CC4(C)C3(Cl)C(O)CC21C. The van der Waals surface area contributed by atoms with Crippen molar-refractivity contribution in [2.24, 2.45) is 28.6 Å². The predicted octanol–water partition coefficient (Wildman–Crippen LogP) is 8.66. The van der Waals surface area contributed by atoms with Gasteiger partial charge in [-0.15, -0.1) is 11.6 Å². The first kappa shape index (κ1) is 44.1. The molecule has 0 spiro atoms. The van der Waals surface area contributed by atoms with E-state index in [-0.39, 0.29) is 42.0 Å². The number of ether oxygens (including phenoxy) is 5. The van der Waals surface area contributed by atoms with Gasteiger partial charge in [-0.05, 0) is 86.3 Å². The number of hydrogen-bond donors (Lipinski definition) is 1. The molecule has 57 heavy (non-hydrogen) atoms. The zero-order valence-electron chi connectivity index (χ0n) is 34.2. The average molecular weight is 811 g/mol. The molecule has 8 unspecified atom stereocenters. The minimum absolute atomic E-state index is 0.0234. The van der Waals surface area contributed by atoms with Crippen LogP contribution in [0.4, 0.5) is 4.79 Å². The van der Waals surface area contributed by atoms with E-state index >= 15 is 0 Å². The molecule has 0 heterocycles. The van der Waals surface area contributed by atoms with Gasteiger partial charge >= 0.3 is 18.1 Å². The van der Waals surface area contributed by atoms with Gasteiger partial charge in [-0.3, -0.25) is 14.4 Å². The molecule has 11 nitrogen and oxygen atoms in total. The summed E-state index contributed by atoms with van der Waals surface area (Å²) in [7, 11) is 1.40. The lowest BCUT2D eigenvalue weighted by Crippen LogP contribution is -2.69. The maximum absolute atomic E-state index is 14.7. The van der Waals surface area contributed by atoms with E-state index in [9.17, 15) is 29.1 Å². The van der Waals surface area contributed by atoms with Gasteiger partial charge in [0.25, 0.3) is 0 Å². The van der Waals surface area contributed by atoms with Crippen molar-refractivity contribution in [1.82, 2.24) is 0 Å². The molecule has 1 aromatic carbocycles. The minimum Gasteiger partial charge on any atom is -0.493 e. The molecule has 0 radical (unpaired) electrons. The highest BCUT2D eigenvalue weighted by Gasteiger charge is 2.76. The number of carbonyl (C=O) groups is 5. The van der Waals surface area contributed by atoms with Crippen LogP contribution in [-0.2, 0) is 33.4 Å². The number of benzene rings is 1. The summed E-state index contributed by atoms with van der Waals surface area (Å²) in [6, 6.07) is 4.66. The van der Waals surface area contributed by atoms with Crippen LogP contribution in [0.1, 0.15) is 117 Å². The third-order valence-corrected chi connectivity index (χ3v) is 14.1. The van der Waals surface area contributed by atoms with Crippen molar-refractivity contribution in [2.75, 3.05) is 20.3 Å². The molecule has 1 N–H and O–H groups in total. The van der Waals surface area contributed by atoms with Crippen molar-refractivity contribution >= 4 is 47.3 Å². The molecule has 4 aliphatic rings. The number of hydrogen-bond acceptors (Lipinski definition) is 11. The number of aliphatic hydroxyl groups excluding tert-OH is 1. The van der Waals surface area contributed by atoms with Gasteiger partial charge in [-0.25, -0.2) is 9.59 Å². The summed E-state index contributed by atoms with van der Waals surface area (Å²) in [6.45, 7) is 9.46. The number of alkyl halides is 1. The van der Waals surface area contributed by atoms with Gasteiger partial charge in [0.2, 0.25) is 5.78 Å². The van der Waals surface area contributed by atoms with Gasteiger partial charge in [0.05, 0.1) is 24.7 Å². The van der Waals surface area contributed by atoms with Gasteiger partial charge < -0.3 is 28.8 Å². The first-order chi connectivity index (χ1) is 27.1. The van der Waals surface area contributed by atoms with Crippen LogP contribution >= 0.6 is 11.6 Å². The quantitative estimate of drug-likeness (QED) is 0.0402. The summed E-state index contributed by atoms with van der Waals surface area (Å²) in [5.74, 6) is -2.55. The summed E-state index contributed by atoms with van der Waals surface area (Å²) in [5.41, 5.74) is -2.14. The van der Waals surface area contributed by atoms with Crippen LogP contribution in [0.25, 0.3) is 6.08 Å². The highest BCUT2D eigenvalue weighted by Crippen LogP contribution is 2.72. The topological polar surface area (TPSA) is 152 Å². The van der Waals surface area contributed by atoms with Crippen LogP contribution in [0.5, 0.6) is 11.5 Å². The van der Waals surface area contributed by atoms with Crippen LogP contribution in [0.15, 0.2) is 48.1 Å². The number of esters is 2. The third kappa shape index (κ3) is 8.47. The second kappa shape index (κ2) is 18.3. The van der Waals surface area contributed by atoms with E-state index in [1.165, 1.54) is 25.3 Å². The lowest BCUT2D eigenvalue weighted by Gasteiger charge is -2.64. The number of allylic oxidation sites excluding steroid dienone is 4. The molecule has 312 valence electrons. The lowest BCUT2D eigenvalue weighted by molar-refractivity contribution is -0.203. The van der Waals surface area contributed by atoms with E-state index in [1.54, 1.807) is 24.3 Å². The number of fused-ring (bicyclic) bond motifs is 5.